The number of ether oxygens (including phenoxy) is 1. The van der Waals surface area contributed by atoms with Crippen molar-refractivity contribution in [2.75, 3.05) is 0 Å². The van der Waals surface area contributed by atoms with Crippen LogP contribution in [0, 0.1) is 0 Å². The summed E-state index contributed by atoms with van der Waals surface area (Å²) in [7, 11) is 0. The van der Waals surface area contributed by atoms with Crippen molar-refractivity contribution in [1.29, 1.82) is 0 Å². The molecule has 1 aliphatic rings. The van der Waals surface area contributed by atoms with Crippen LogP contribution in [-0.2, 0) is 6.42 Å². The summed E-state index contributed by atoms with van der Waals surface area (Å²) >= 11 is 0. The van der Waals surface area contributed by atoms with Gasteiger partial charge in [0, 0.05) is 0 Å². The fraction of sp³-hybridized carbons (Fsp3) is 0.455. The van der Waals surface area contributed by atoms with Crippen molar-refractivity contribution in [3.05, 3.63) is 23.8 Å². The first-order valence-electron chi connectivity index (χ1n) is 5.30. The number of hydrogen-bond acceptors (Lipinski definition) is 1. The van der Waals surface area contributed by atoms with Crippen LogP contribution < -0.4 is 61.6 Å². The SMILES string of the molecule is CC1(C)CCc2cc([B-](F)(F)F)ccc2O1.[K+]. The molecule has 0 saturated heterocycles. The van der Waals surface area contributed by atoms with E-state index in [2.05, 4.69) is 0 Å². The molecule has 88 valence electrons. The van der Waals surface area contributed by atoms with Crippen LogP contribution in [0.1, 0.15) is 25.8 Å². The zero-order chi connectivity index (χ0) is 12.0. The molecule has 17 heavy (non-hydrogen) atoms. The normalized spacial score (nSPS) is 17.7. The first-order valence-corrected chi connectivity index (χ1v) is 5.30. The molecule has 0 bridgehead atoms. The summed E-state index contributed by atoms with van der Waals surface area (Å²) in [5, 5.41) is 0. The van der Waals surface area contributed by atoms with E-state index in [9.17, 15) is 12.9 Å². The molecule has 1 heterocycles. The first-order chi connectivity index (χ1) is 7.28. The quantitative estimate of drug-likeness (QED) is 0.644. The van der Waals surface area contributed by atoms with Gasteiger partial charge < -0.3 is 17.7 Å². The van der Waals surface area contributed by atoms with Crippen molar-refractivity contribution in [2.24, 2.45) is 0 Å². The average molecular weight is 268 g/mol. The van der Waals surface area contributed by atoms with E-state index in [-0.39, 0.29) is 57.0 Å². The van der Waals surface area contributed by atoms with Gasteiger partial charge >= 0.3 is 58.4 Å². The third kappa shape index (κ3) is 3.73. The zero-order valence-electron chi connectivity index (χ0n) is 10.3. The van der Waals surface area contributed by atoms with E-state index in [0.29, 0.717) is 17.7 Å². The van der Waals surface area contributed by atoms with Gasteiger partial charge in [-0.3, -0.25) is 0 Å². The smallest absolute Gasteiger partial charge is 0.488 e. The largest absolute Gasteiger partial charge is 1.00 e. The summed E-state index contributed by atoms with van der Waals surface area (Å²) in [5.74, 6) is 0.583. The predicted octanol–water partition coefficient (Wildman–Crippen LogP) is -0.151. The Labute approximate surface area is 142 Å². The Bertz CT molecular complexity index is 418. The summed E-state index contributed by atoms with van der Waals surface area (Å²) in [6.45, 7) is -1.03. The molecule has 0 aliphatic carbocycles. The Morgan fingerprint density at radius 2 is 1.88 bits per heavy atom. The van der Waals surface area contributed by atoms with Crippen molar-refractivity contribution >= 4 is 12.4 Å². The monoisotopic (exact) mass is 268 g/mol. The van der Waals surface area contributed by atoms with Gasteiger partial charge in [-0.1, -0.05) is 12.1 Å². The van der Waals surface area contributed by atoms with E-state index in [4.69, 9.17) is 4.74 Å². The Morgan fingerprint density at radius 3 is 2.47 bits per heavy atom. The van der Waals surface area contributed by atoms with Crippen molar-refractivity contribution < 1.29 is 69.1 Å². The van der Waals surface area contributed by atoms with E-state index >= 15 is 0 Å². The van der Waals surface area contributed by atoms with Crippen LogP contribution in [0.3, 0.4) is 0 Å². The van der Waals surface area contributed by atoms with Crippen LogP contribution in [0.15, 0.2) is 18.2 Å². The van der Waals surface area contributed by atoms with Gasteiger partial charge in [-0.05, 0) is 38.3 Å². The molecule has 0 spiro atoms. The molecule has 0 amide bonds. The molecular weight excluding hydrogens is 255 g/mol. The van der Waals surface area contributed by atoms with Gasteiger partial charge in [-0.15, -0.1) is 5.46 Å². The van der Waals surface area contributed by atoms with Gasteiger partial charge in [0.05, 0.1) is 0 Å². The van der Waals surface area contributed by atoms with Crippen LogP contribution in [0.4, 0.5) is 12.9 Å². The molecule has 1 aromatic rings. The van der Waals surface area contributed by atoms with Crippen molar-refractivity contribution in [3.63, 3.8) is 0 Å². The molecular formula is C11H13BF3KO. The molecule has 0 aromatic heterocycles. The molecule has 1 aliphatic heterocycles. The summed E-state index contributed by atoms with van der Waals surface area (Å²) in [6.07, 6.45) is 1.39. The van der Waals surface area contributed by atoms with Gasteiger partial charge in [0.1, 0.15) is 11.4 Å². The van der Waals surface area contributed by atoms with E-state index in [1.54, 1.807) is 0 Å². The minimum absolute atomic E-state index is 0. The maximum atomic E-state index is 12.5. The van der Waals surface area contributed by atoms with E-state index in [1.165, 1.54) is 12.1 Å². The Balaban J connectivity index is 0.00000144. The molecule has 0 unspecified atom stereocenters. The minimum Gasteiger partial charge on any atom is -0.488 e. The van der Waals surface area contributed by atoms with Gasteiger partial charge in [-0.25, -0.2) is 0 Å². The molecule has 0 fully saturated rings. The van der Waals surface area contributed by atoms with Crippen molar-refractivity contribution in [2.45, 2.75) is 32.3 Å². The summed E-state index contributed by atoms with van der Waals surface area (Å²) in [5.41, 5.74) is -0.157. The van der Waals surface area contributed by atoms with Crippen LogP contribution in [0.25, 0.3) is 0 Å². The summed E-state index contributed by atoms with van der Waals surface area (Å²) in [4.78, 5) is 0. The molecule has 2 rings (SSSR count). The Kier molecular flexibility index (Phi) is 4.81. The summed E-state index contributed by atoms with van der Waals surface area (Å²) < 4.78 is 43.2. The molecule has 6 heteroatoms. The maximum absolute atomic E-state index is 12.5. The van der Waals surface area contributed by atoms with E-state index in [0.717, 1.165) is 12.5 Å². The number of hydrogen-bond donors (Lipinski definition) is 0. The van der Waals surface area contributed by atoms with Crippen molar-refractivity contribution in [1.82, 2.24) is 0 Å². The van der Waals surface area contributed by atoms with Crippen LogP contribution >= 0.6 is 0 Å². The second-order valence-corrected chi connectivity index (χ2v) is 4.80. The zero-order valence-corrected chi connectivity index (χ0v) is 13.4. The number of rotatable bonds is 1. The molecule has 0 atom stereocenters. The number of aryl methyl sites for hydroxylation is 1. The number of fused-ring (bicyclic) bond motifs is 1. The average Bonchev–Trinajstić information content (AvgIpc) is 2.14. The second kappa shape index (κ2) is 5.25. The topological polar surface area (TPSA) is 9.23 Å². The minimum atomic E-state index is -4.91. The predicted molar refractivity (Wildman–Crippen MR) is 58.2 cm³/mol. The summed E-state index contributed by atoms with van der Waals surface area (Å²) in [6, 6.07) is 3.74. The van der Waals surface area contributed by atoms with Gasteiger partial charge in [-0.2, -0.15) is 0 Å². The molecule has 1 nitrogen and oxygen atoms in total. The molecule has 0 saturated carbocycles. The van der Waals surface area contributed by atoms with E-state index < -0.39 is 12.4 Å². The third-order valence-corrected chi connectivity index (χ3v) is 2.85. The molecule has 0 radical (unpaired) electrons. The standard InChI is InChI=1S/C11H13BF3O.K/c1-11(2)6-5-8-7-9(12(13,14)15)3-4-10(8)16-11;/h3-4,7H,5-6H2,1-2H3;/q-1;+1. The van der Waals surface area contributed by atoms with Crippen LogP contribution in [-0.4, -0.2) is 12.6 Å². The van der Waals surface area contributed by atoms with Crippen LogP contribution in [0.2, 0.25) is 0 Å². The van der Waals surface area contributed by atoms with Gasteiger partial charge in [0.15, 0.2) is 0 Å². The number of halogens is 3. The molecule has 0 N–H and O–H groups in total. The fourth-order valence-corrected chi connectivity index (χ4v) is 1.88. The number of benzene rings is 1. The Hall–Kier alpha value is 0.511. The second-order valence-electron chi connectivity index (χ2n) is 4.80. The first kappa shape index (κ1) is 15.6. The maximum Gasteiger partial charge on any atom is 1.00 e. The van der Waals surface area contributed by atoms with Gasteiger partial charge in [0.2, 0.25) is 0 Å². The molecule has 1 aromatic carbocycles. The third-order valence-electron chi connectivity index (χ3n) is 2.85. The Morgan fingerprint density at radius 1 is 1.24 bits per heavy atom. The van der Waals surface area contributed by atoms with Gasteiger partial charge in [0.25, 0.3) is 0 Å². The van der Waals surface area contributed by atoms with E-state index in [1.807, 2.05) is 13.8 Å². The van der Waals surface area contributed by atoms with Crippen molar-refractivity contribution in [3.8, 4) is 5.75 Å². The van der Waals surface area contributed by atoms with Crippen LogP contribution in [0.5, 0.6) is 5.75 Å². The fourth-order valence-electron chi connectivity index (χ4n) is 1.88.